The maximum absolute atomic E-state index is 12.4. The molecule has 7 nitrogen and oxygen atoms in total. The molecule has 1 aromatic heterocycles. The summed E-state index contributed by atoms with van der Waals surface area (Å²) in [5.74, 6) is -0.224. The summed E-state index contributed by atoms with van der Waals surface area (Å²) >= 11 is 11.9. The Morgan fingerprint density at radius 1 is 1.16 bits per heavy atom. The van der Waals surface area contributed by atoms with Crippen molar-refractivity contribution in [2.45, 2.75) is 12.8 Å². The van der Waals surface area contributed by atoms with Gasteiger partial charge in [0.05, 0.1) is 16.5 Å². The standard InChI is InChI=1S/C23H20Cl2N4O3/c1-3-29(2)22-16(12-21(30)31)13-26-20(28-22)10-14-4-7-17(8-5-14)27-23(32)15-6-9-18(24)19(25)11-15/h3-9,11,13H,1,10,12H2,2H3,(H,27,32)(H,30,31). The van der Waals surface area contributed by atoms with E-state index in [-0.39, 0.29) is 12.3 Å². The Bertz CT molecular complexity index is 1170. The van der Waals surface area contributed by atoms with Crippen molar-refractivity contribution in [1.82, 2.24) is 9.97 Å². The molecule has 0 aliphatic carbocycles. The number of benzene rings is 2. The van der Waals surface area contributed by atoms with Crippen molar-refractivity contribution in [1.29, 1.82) is 0 Å². The fourth-order valence-corrected chi connectivity index (χ4v) is 3.22. The van der Waals surface area contributed by atoms with Crippen LogP contribution >= 0.6 is 23.2 Å². The van der Waals surface area contributed by atoms with E-state index in [1.807, 2.05) is 12.1 Å². The van der Waals surface area contributed by atoms with Gasteiger partial charge in [0.2, 0.25) is 0 Å². The Labute approximate surface area is 195 Å². The number of carboxylic acid groups (broad SMARTS) is 1. The molecule has 0 aliphatic heterocycles. The number of nitrogens with zero attached hydrogens (tertiary/aromatic N) is 3. The molecule has 0 unspecified atom stereocenters. The van der Waals surface area contributed by atoms with Crippen LogP contribution < -0.4 is 10.2 Å². The summed E-state index contributed by atoms with van der Waals surface area (Å²) in [4.78, 5) is 34.0. The molecule has 0 atom stereocenters. The zero-order chi connectivity index (χ0) is 23.3. The van der Waals surface area contributed by atoms with Crippen LogP contribution in [0.3, 0.4) is 0 Å². The largest absolute Gasteiger partial charge is 0.481 e. The number of hydrogen-bond acceptors (Lipinski definition) is 5. The van der Waals surface area contributed by atoms with Gasteiger partial charge in [0.1, 0.15) is 11.6 Å². The third-order valence-electron chi connectivity index (χ3n) is 4.60. The molecule has 32 heavy (non-hydrogen) atoms. The van der Waals surface area contributed by atoms with Gasteiger partial charge in [0, 0.05) is 36.5 Å². The molecule has 0 fully saturated rings. The normalized spacial score (nSPS) is 10.5. The molecule has 0 radical (unpaired) electrons. The van der Waals surface area contributed by atoms with Crippen LogP contribution in [0.25, 0.3) is 0 Å². The van der Waals surface area contributed by atoms with E-state index in [1.165, 1.54) is 12.3 Å². The number of nitrogens with one attached hydrogen (secondary N) is 1. The van der Waals surface area contributed by atoms with Crippen LogP contribution in [0.5, 0.6) is 0 Å². The van der Waals surface area contributed by atoms with E-state index in [0.717, 1.165) is 5.56 Å². The van der Waals surface area contributed by atoms with Crippen molar-refractivity contribution in [2.75, 3.05) is 17.3 Å². The van der Waals surface area contributed by atoms with Gasteiger partial charge < -0.3 is 15.3 Å². The minimum absolute atomic E-state index is 0.180. The molecule has 0 aliphatic rings. The first kappa shape index (κ1) is 23.2. The number of aliphatic carboxylic acids is 1. The van der Waals surface area contributed by atoms with E-state index >= 15 is 0 Å². The molecular weight excluding hydrogens is 451 g/mol. The summed E-state index contributed by atoms with van der Waals surface area (Å²) in [5, 5.41) is 12.6. The van der Waals surface area contributed by atoms with E-state index < -0.39 is 5.97 Å². The van der Waals surface area contributed by atoms with Gasteiger partial charge in [-0.25, -0.2) is 9.97 Å². The third kappa shape index (κ3) is 5.84. The molecular formula is C23H20Cl2N4O3. The highest BCUT2D eigenvalue weighted by molar-refractivity contribution is 6.42. The van der Waals surface area contributed by atoms with Gasteiger partial charge in [-0.3, -0.25) is 9.59 Å². The number of hydrogen-bond donors (Lipinski definition) is 2. The first-order valence-electron chi connectivity index (χ1n) is 9.54. The van der Waals surface area contributed by atoms with E-state index in [2.05, 4.69) is 21.9 Å². The predicted molar refractivity (Wildman–Crippen MR) is 126 cm³/mol. The highest BCUT2D eigenvalue weighted by Crippen LogP contribution is 2.23. The van der Waals surface area contributed by atoms with Crippen LogP contribution in [0.1, 0.15) is 27.3 Å². The smallest absolute Gasteiger partial charge is 0.308 e. The summed E-state index contributed by atoms with van der Waals surface area (Å²) in [7, 11) is 1.75. The van der Waals surface area contributed by atoms with E-state index in [9.17, 15) is 9.59 Å². The lowest BCUT2D eigenvalue weighted by molar-refractivity contribution is -0.136. The van der Waals surface area contributed by atoms with Crippen LogP contribution in [-0.4, -0.2) is 34.0 Å². The van der Waals surface area contributed by atoms with E-state index in [0.29, 0.717) is 44.9 Å². The van der Waals surface area contributed by atoms with Crippen molar-refractivity contribution in [3.05, 3.63) is 94.0 Å². The van der Waals surface area contributed by atoms with Crippen LogP contribution in [0.4, 0.5) is 11.5 Å². The quantitative estimate of drug-likeness (QED) is 0.489. The second kappa shape index (κ2) is 10.3. The van der Waals surface area contributed by atoms with Crippen molar-refractivity contribution >= 4 is 46.6 Å². The molecule has 3 aromatic rings. The van der Waals surface area contributed by atoms with Gasteiger partial charge in [0.15, 0.2) is 0 Å². The van der Waals surface area contributed by atoms with Gasteiger partial charge in [0.25, 0.3) is 5.91 Å². The van der Waals surface area contributed by atoms with Crippen LogP contribution in [0.2, 0.25) is 10.0 Å². The third-order valence-corrected chi connectivity index (χ3v) is 5.34. The Kier molecular flexibility index (Phi) is 7.45. The molecule has 2 aromatic carbocycles. The Morgan fingerprint density at radius 3 is 2.50 bits per heavy atom. The lowest BCUT2D eigenvalue weighted by Gasteiger charge is -2.17. The molecule has 164 valence electrons. The van der Waals surface area contributed by atoms with Gasteiger partial charge in [-0.1, -0.05) is 41.9 Å². The Morgan fingerprint density at radius 2 is 1.88 bits per heavy atom. The zero-order valence-corrected chi connectivity index (χ0v) is 18.7. The summed E-state index contributed by atoms with van der Waals surface area (Å²) in [6, 6.07) is 12.0. The summed E-state index contributed by atoms with van der Waals surface area (Å²) in [5.41, 5.74) is 2.45. The number of carboxylic acids is 1. The molecule has 9 heteroatoms. The molecule has 1 heterocycles. The van der Waals surface area contributed by atoms with Gasteiger partial charge in [-0.05, 0) is 42.1 Å². The number of rotatable bonds is 8. The SMILES string of the molecule is C=CN(C)c1nc(Cc2ccc(NC(=O)c3ccc(Cl)c(Cl)c3)cc2)ncc1CC(=O)O. The fraction of sp³-hybridized carbons (Fsp3) is 0.130. The fourth-order valence-electron chi connectivity index (χ4n) is 2.93. The maximum atomic E-state index is 12.4. The molecule has 0 saturated carbocycles. The molecule has 0 saturated heterocycles. The number of anilines is 2. The average molecular weight is 471 g/mol. The monoisotopic (exact) mass is 470 g/mol. The van der Waals surface area contributed by atoms with Crippen molar-refractivity contribution in [3.8, 4) is 0 Å². The average Bonchev–Trinajstić information content (AvgIpc) is 2.77. The maximum Gasteiger partial charge on any atom is 0.308 e. The molecule has 2 N–H and O–H groups in total. The van der Waals surface area contributed by atoms with E-state index in [1.54, 1.807) is 42.4 Å². The van der Waals surface area contributed by atoms with Crippen molar-refractivity contribution in [2.24, 2.45) is 0 Å². The van der Waals surface area contributed by atoms with Crippen molar-refractivity contribution < 1.29 is 14.7 Å². The minimum Gasteiger partial charge on any atom is -0.481 e. The first-order chi connectivity index (χ1) is 15.3. The molecule has 0 spiro atoms. The van der Waals surface area contributed by atoms with E-state index in [4.69, 9.17) is 28.3 Å². The van der Waals surface area contributed by atoms with Crippen LogP contribution in [0.15, 0.2) is 61.4 Å². The molecule has 1 amide bonds. The number of aromatic nitrogens is 2. The highest BCUT2D eigenvalue weighted by atomic mass is 35.5. The number of amides is 1. The minimum atomic E-state index is -0.960. The number of halogens is 2. The second-order valence-corrected chi connectivity index (χ2v) is 7.77. The lowest BCUT2D eigenvalue weighted by atomic mass is 10.1. The molecule has 3 rings (SSSR count). The topological polar surface area (TPSA) is 95.4 Å². The second-order valence-electron chi connectivity index (χ2n) is 6.96. The van der Waals surface area contributed by atoms with Crippen LogP contribution in [0, 0.1) is 0 Å². The molecule has 0 bridgehead atoms. The van der Waals surface area contributed by atoms with Crippen LogP contribution in [-0.2, 0) is 17.6 Å². The van der Waals surface area contributed by atoms with Gasteiger partial charge in [-0.15, -0.1) is 0 Å². The highest BCUT2D eigenvalue weighted by Gasteiger charge is 2.14. The summed E-state index contributed by atoms with van der Waals surface area (Å²) in [6.45, 7) is 3.70. The Hall–Kier alpha value is -3.42. The Balaban J connectivity index is 1.72. The van der Waals surface area contributed by atoms with Gasteiger partial charge in [-0.2, -0.15) is 0 Å². The first-order valence-corrected chi connectivity index (χ1v) is 10.3. The number of carbonyl (C=O) groups is 2. The van der Waals surface area contributed by atoms with Crippen molar-refractivity contribution in [3.63, 3.8) is 0 Å². The summed E-state index contributed by atoms with van der Waals surface area (Å²) in [6.07, 6.45) is 3.34. The van der Waals surface area contributed by atoms with Gasteiger partial charge >= 0.3 is 5.97 Å². The number of carbonyl (C=O) groups excluding carboxylic acids is 1. The lowest BCUT2D eigenvalue weighted by Crippen LogP contribution is -2.16. The summed E-state index contributed by atoms with van der Waals surface area (Å²) < 4.78 is 0. The predicted octanol–water partition coefficient (Wildman–Crippen LogP) is 4.83. The zero-order valence-electron chi connectivity index (χ0n) is 17.2.